The fraction of sp³-hybridized carbons (Fsp3) is 0.471. The van der Waals surface area contributed by atoms with Gasteiger partial charge in [-0.1, -0.05) is 56.5 Å². The first-order chi connectivity index (χ1) is 11.3. The predicted octanol–water partition coefficient (Wildman–Crippen LogP) is 3.59. The number of hydrogen-bond donors (Lipinski definition) is 1. The number of rotatable bonds is 9. The van der Waals surface area contributed by atoms with Gasteiger partial charge in [0.15, 0.2) is 5.17 Å². The highest BCUT2D eigenvalue weighted by atomic mass is 32.2. The zero-order chi connectivity index (χ0) is 16.3. The summed E-state index contributed by atoms with van der Waals surface area (Å²) in [6.07, 6.45) is 7.74. The van der Waals surface area contributed by atoms with Crippen LogP contribution in [-0.4, -0.2) is 29.6 Å². The van der Waals surface area contributed by atoms with Gasteiger partial charge in [0.05, 0.1) is 18.6 Å². The molecule has 5 nitrogen and oxygen atoms in total. The molecule has 0 aliphatic carbocycles. The van der Waals surface area contributed by atoms with Gasteiger partial charge in [0.2, 0.25) is 5.91 Å². The smallest absolute Gasteiger partial charge is 0.236 e. The Kier molecular flexibility index (Phi) is 7.66. The molecule has 0 atom stereocenters. The summed E-state index contributed by atoms with van der Waals surface area (Å²) in [5, 5.41) is 11.2. The van der Waals surface area contributed by atoms with Crippen molar-refractivity contribution in [2.75, 3.05) is 12.4 Å². The molecule has 6 heteroatoms. The Bertz CT molecular complexity index is 573. The number of carbonyl (C=O) groups excluding carboxylic acids is 1. The molecule has 1 aliphatic heterocycles. The molecule has 0 unspecified atom stereocenters. The lowest BCUT2D eigenvalue weighted by molar-refractivity contribution is -0.116. The van der Waals surface area contributed by atoms with Gasteiger partial charge >= 0.3 is 0 Å². The Labute approximate surface area is 141 Å². The normalized spacial score (nSPS) is 16.2. The number of nitrogens with zero attached hydrogens (tertiary/aromatic N) is 2. The van der Waals surface area contributed by atoms with Crippen molar-refractivity contribution < 1.29 is 9.53 Å². The summed E-state index contributed by atoms with van der Waals surface area (Å²) >= 11 is 1.36. The molecule has 1 saturated heterocycles. The lowest BCUT2D eigenvalue weighted by Crippen LogP contribution is -2.19. The van der Waals surface area contributed by atoms with Crippen molar-refractivity contribution in [2.24, 2.45) is 10.2 Å². The van der Waals surface area contributed by atoms with Gasteiger partial charge in [0, 0.05) is 5.56 Å². The number of thioether (sulfide) groups is 1. The predicted molar refractivity (Wildman–Crippen MR) is 96.3 cm³/mol. The highest BCUT2D eigenvalue weighted by molar-refractivity contribution is 8.15. The van der Waals surface area contributed by atoms with Crippen LogP contribution in [0.5, 0.6) is 5.75 Å². The molecule has 0 bridgehead atoms. The molecule has 2 rings (SSSR count). The van der Waals surface area contributed by atoms with Crippen molar-refractivity contribution in [3.63, 3.8) is 0 Å². The second-order valence-electron chi connectivity index (χ2n) is 5.29. The Morgan fingerprint density at radius 1 is 1.26 bits per heavy atom. The molecule has 124 valence electrons. The quantitative estimate of drug-likeness (QED) is 0.427. The molecule has 1 aromatic carbocycles. The largest absolute Gasteiger partial charge is 0.493 e. The van der Waals surface area contributed by atoms with Crippen LogP contribution in [0.25, 0.3) is 0 Å². The third kappa shape index (κ3) is 6.44. The minimum atomic E-state index is -0.0317. The van der Waals surface area contributed by atoms with Gasteiger partial charge in [0.1, 0.15) is 5.75 Å². The Morgan fingerprint density at radius 3 is 2.87 bits per heavy atom. The minimum absolute atomic E-state index is 0.0317. The highest BCUT2D eigenvalue weighted by Gasteiger charge is 2.15. The van der Waals surface area contributed by atoms with E-state index in [4.69, 9.17) is 4.74 Å². The number of ether oxygens (including phenoxy) is 1. The molecule has 0 spiro atoms. The molecular formula is C17H23N3O2S. The molecule has 1 fully saturated rings. The van der Waals surface area contributed by atoms with Gasteiger partial charge in [-0.2, -0.15) is 5.10 Å². The first-order valence-electron chi connectivity index (χ1n) is 8.05. The Hall–Kier alpha value is -1.82. The summed E-state index contributed by atoms with van der Waals surface area (Å²) in [6.45, 7) is 2.93. The van der Waals surface area contributed by atoms with Crippen LogP contribution in [0, 0.1) is 0 Å². The number of benzene rings is 1. The average Bonchev–Trinajstić information content (AvgIpc) is 2.97. The van der Waals surface area contributed by atoms with Crippen molar-refractivity contribution in [3.05, 3.63) is 29.8 Å². The van der Waals surface area contributed by atoms with Gasteiger partial charge in [-0.15, -0.1) is 5.10 Å². The van der Waals surface area contributed by atoms with Crippen LogP contribution < -0.4 is 10.1 Å². The van der Waals surface area contributed by atoms with Crippen LogP contribution in [0.1, 0.15) is 44.6 Å². The maximum Gasteiger partial charge on any atom is 0.236 e. The maximum atomic E-state index is 11.1. The topological polar surface area (TPSA) is 63.1 Å². The van der Waals surface area contributed by atoms with Crippen molar-refractivity contribution in [3.8, 4) is 5.75 Å². The summed E-state index contributed by atoms with van der Waals surface area (Å²) in [4.78, 5) is 11.1. The molecule has 1 aromatic rings. The Balaban J connectivity index is 1.83. The molecule has 0 saturated carbocycles. The molecule has 1 heterocycles. The molecule has 23 heavy (non-hydrogen) atoms. The van der Waals surface area contributed by atoms with E-state index in [-0.39, 0.29) is 5.91 Å². The fourth-order valence-electron chi connectivity index (χ4n) is 2.13. The van der Waals surface area contributed by atoms with E-state index >= 15 is 0 Å². The SMILES string of the molecule is CCCCCCCOc1ccccc1/C=N/N=C1\NC(=O)CS1. The number of para-hydroxylation sites is 1. The number of nitrogens with one attached hydrogen (secondary N) is 1. The van der Waals surface area contributed by atoms with Crippen molar-refractivity contribution >= 4 is 29.1 Å². The summed E-state index contributed by atoms with van der Waals surface area (Å²) in [6, 6.07) is 7.76. The zero-order valence-corrected chi connectivity index (χ0v) is 14.3. The summed E-state index contributed by atoms with van der Waals surface area (Å²) < 4.78 is 5.84. The van der Waals surface area contributed by atoms with Gasteiger partial charge in [-0.05, 0) is 18.6 Å². The van der Waals surface area contributed by atoms with Crippen LogP contribution in [0.3, 0.4) is 0 Å². The maximum absolute atomic E-state index is 11.1. The van der Waals surface area contributed by atoms with Crippen LogP contribution >= 0.6 is 11.8 Å². The van der Waals surface area contributed by atoms with Gasteiger partial charge in [0.25, 0.3) is 0 Å². The lowest BCUT2D eigenvalue weighted by Gasteiger charge is -2.08. The third-order valence-corrected chi connectivity index (χ3v) is 4.22. The average molecular weight is 333 g/mol. The number of amides is 1. The first-order valence-corrected chi connectivity index (χ1v) is 9.03. The van der Waals surface area contributed by atoms with Crippen molar-refractivity contribution in [2.45, 2.75) is 39.0 Å². The van der Waals surface area contributed by atoms with Crippen LogP contribution in [0.4, 0.5) is 0 Å². The van der Waals surface area contributed by atoms with E-state index in [0.717, 1.165) is 24.3 Å². The third-order valence-electron chi connectivity index (χ3n) is 3.36. The number of amidine groups is 1. The van der Waals surface area contributed by atoms with E-state index in [9.17, 15) is 4.79 Å². The number of carbonyl (C=O) groups is 1. The highest BCUT2D eigenvalue weighted by Crippen LogP contribution is 2.17. The van der Waals surface area contributed by atoms with E-state index in [2.05, 4.69) is 22.4 Å². The number of hydrogen-bond acceptors (Lipinski definition) is 5. The summed E-state index contributed by atoms with van der Waals surface area (Å²) in [5.41, 5.74) is 0.889. The Morgan fingerprint density at radius 2 is 2.09 bits per heavy atom. The van der Waals surface area contributed by atoms with Gasteiger partial charge in [-0.25, -0.2) is 0 Å². The monoisotopic (exact) mass is 333 g/mol. The van der Waals surface area contributed by atoms with E-state index in [0.29, 0.717) is 10.9 Å². The van der Waals surface area contributed by atoms with E-state index < -0.39 is 0 Å². The standard InChI is InChI=1S/C17H23N3O2S/c1-2-3-4-5-8-11-22-15-10-7-6-9-14(15)12-18-20-17-19-16(21)13-23-17/h6-7,9-10,12H,2-5,8,11,13H2,1H3,(H,19,20,21)/b18-12+. The van der Waals surface area contributed by atoms with E-state index in [1.807, 2.05) is 24.3 Å². The summed E-state index contributed by atoms with van der Waals surface area (Å²) in [7, 11) is 0. The second kappa shape index (κ2) is 10.0. The van der Waals surface area contributed by atoms with Gasteiger partial charge < -0.3 is 10.1 Å². The molecule has 1 aliphatic rings. The fourth-order valence-corrected chi connectivity index (χ4v) is 2.76. The lowest BCUT2D eigenvalue weighted by atomic mass is 10.2. The summed E-state index contributed by atoms with van der Waals surface area (Å²) in [5.74, 6) is 1.19. The molecule has 0 radical (unpaired) electrons. The molecular weight excluding hydrogens is 310 g/mol. The van der Waals surface area contributed by atoms with Crippen LogP contribution in [-0.2, 0) is 4.79 Å². The van der Waals surface area contributed by atoms with Crippen LogP contribution in [0.2, 0.25) is 0 Å². The van der Waals surface area contributed by atoms with Crippen molar-refractivity contribution in [1.82, 2.24) is 5.32 Å². The molecule has 1 N–H and O–H groups in total. The molecule has 0 aromatic heterocycles. The second-order valence-corrected chi connectivity index (χ2v) is 6.25. The number of unbranched alkanes of at least 4 members (excludes halogenated alkanes) is 4. The van der Waals surface area contributed by atoms with Gasteiger partial charge in [-0.3, -0.25) is 4.79 Å². The first kappa shape index (κ1) is 17.5. The molecule has 1 amide bonds. The van der Waals surface area contributed by atoms with Crippen molar-refractivity contribution in [1.29, 1.82) is 0 Å². The van der Waals surface area contributed by atoms with E-state index in [1.54, 1.807) is 6.21 Å². The minimum Gasteiger partial charge on any atom is -0.493 e. The van der Waals surface area contributed by atoms with Crippen LogP contribution in [0.15, 0.2) is 34.5 Å². The van der Waals surface area contributed by atoms with E-state index in [1.165, 1.54) is 37.4 Å². The zero-order valence-electron chi connectivity index (χ0n) is 13.5.